The zero-order valence-electron chi connectivity index (χ0n) is 10.3. The van der Waals surface area contributed by atoms with E-state index in [-0.39, 0.29) is 12.5 Å². The zero-order valence-corrected chi connectivity index (χ0v) is 11.1. The number of hydrogen-bond acceptors (Lipinski definition) is 5. The van der Waals surface area contributed by atoms with Crippen molar-refractivity contribution in [3.05, 3.63) is 21.9 Å². The normalized spacial score (nSPS) is 10.3. The Morgan fingerprint density at radius 1 is 1.44 bits per heavy atom. The third-order valence-corrected chi connectivity index (χ3v) is 3.23. The summed E-state index contributed by atoms with van der Waals surface area (Å²) in [6, 6.07) is 3.51. The Hall–Kier alpha value is -1.40. The molecule has 0 bridgehead atoms. The molecular formula is C12H17NO4S. The van der Waals surface area contributed by atoms with Gasteiger partial charge in [-0.25, -0.2) is 4.79 Å². The van der Waals surface area contributed by atoms with E-state index in [4.69, 9.17) is 9.84 Å². The van der Waals surface area contributed by atoms with Gasteiger partial charge in [0.2, 0.25) is 0 Å². The van der Waals surface area contributed by atoms with Crippen molar-refractivity contribution in [2.75, 3.05) is 13.2 Å². The number of carbonyl (C=O) groups excluding carboxylic acids is 1. The summed E-state index contributed by atoms with van der Waals surface area (Å²) in [6.07, 6.45) is 1.85. The molecule has 0 saturated heterocycles. The summed E-state index contributed by atoms with van der Waals surface area (Å²) in [5.41, 5.74) is 0. The fraction of sp³-hybridized carbons (Fsp3) is 0.500. The molecular weight excluding hydrogens is 254 g/mol. The van der Waals surface area contributed by atoms with Crippen molar-refractivity contribution < 1.29 is 19.4 Å². The van der Waals surface area contributed by atoms with Crippen molar-refractivity contribution in [2.45, 2.75) is 26.3 Å². The maximum Gasteiger partial charge on any atom is 0.348 e. The number of nitrogens with one attached hydrogen (secondary N) is 1. The van der Waals surface area contributed by atoms with E-state index < -0.39 is 5.97 Å². The zero-order chi connectivity index (χ0) is 13.4. The number of carboxylic acid groups (broad SMARTS) is 1. The first kappa shape index (κ1) is 14.7. The lowest BCUT2D eigenvalue weighted by Crippen LogP contribution is -2.21. The largest absolute Gasteiger partial charge is 0.480 e. The Morgan fingerprint density at radius 2 is 2.22 bits per heavy atom. The molecule has 0 aromatic carbocycles. The predicted octanol–water partition coefficient (Wildman–Crippen LogP) is 1.88. The molecule has 0 spiro atoms. The van der Waals surface area contributed by atoms with Crippen LogP contribution >= 0.6 is 11.3 Å². The van der Waals surface area contributed by atoms with Crippen LogP contribution in [0.5, 0.6) is 0 Å². The summed E-state index contributed by atoms with van der Waals surface area (Å²) in [5.74, 6) is -1.20. The van der Waals surface area contributed by atoms with Gasteiger partial charge in [0.05, 0.1) is 13.2 Å². The Bertz CT molecular complexity index is 403. The van der Waals surface area contributed by atoms with Crippen molar-refractivity contribution in [2.24, 2.45) is 0 Å². The number of aliphatic carboxylic acids is 1. The molecule has 0 fully saturated rings. The summed E-state index contributed by atoms with van der Waals surface area (Å²) in [6.45, 7) is 2.83. The van der Waals surface area contributed by atoms with Crippen LogP contribution < -0.4 is 5.32 Å². The van der Waals surface area contributed by atoms with Crippen LogP contribution in [-0.2, 0) is 16.1 Å². The van der Waals surface area contributed by atoms with E-state index >= 15 is 0 Å². The Labute approximate surface area is 110 Å². The standard InChI is InChI=1S/C12H17NO4S/c1-2-3-6-17-12(16)10-5-4-9(18-10)7-13-8-11(14)15/h4-5,13H,2-3,6-8H2,1H3,(H,14,15). The SMILES string of the molecule is CCCCOC(=O)c1ccc(CNCC(=O)O)s1. The van der Waals surface area contributed by atoms with Crippen molar-refractivity contribution in [1.29, 1.82) is 0 Å². The molecule has 0 amide bonds. The van der Waals surface area contributed by atoms with Gasteiger partial charge in [-0.3, -0.25) is 4.79 Å². The summed E-state index contributed by atoms with van der Waals surface area (Å²) in [5, 5.41) is 11.2. The van der Waals surface area contributed by atoms with Crippen LogP contribution in [0.25, 0.3) is 0 Å². The first-order valence-corrected chi connectivity index (χ1v) is 6.63. The second kappa shape index (κ2) is 7.84. The van der Waals surface area contributed by atoms with Crippen LogP contribution in [-0.4, -0.2) is 30.2 Å². The molecule has 100 valence electrons. The van der Waals surface area contributed by atoms with Gasteiger partial charge in [-0.2, -0.15) is 0 Å². The predicted molar refractivity (Wildman–Crippen MR) is 68.9 cm³/mol. The first-order chi connectivity index (χ1) is 8.63. The van der Waals surface area contributed by atoms with Gasteiger partial charge in [-0.15, -0.1) is 11.3 Å². The molecule has 0 aliphatic carbocycles. The average molecular weight is 271 g/mol. The van der Waals surface area contributed by atoms with Gasteiger partial charge in [0, 0.05) is 11.4 Å². The number of carbonyl (C=O) groups is 2. The van der Waals surface area contributed by atoms with Crippen molar-refractivity contribution in [1.82, 2.24) is 5.32 Å². The summed E-state index contributed by atoms with van der Waals surface area (Å²) in [7, 11) is 0. The summed E-state index contributed by atoms with van der Waals surface area (Å²) in [4.78, 5) is 23.4. The average Bonchev–Trinajstić information content (AvgIpc) is 2.77. The molecule has 2 N–H and O–H groups in total. The lowest BCUT2D eigenvalue weighted by Gasteiger charge is -2.01. The fourth-order valence-corrected chi connectivity index (χ4v) is 2.13. The maximum absolute atomic E-state index is 11.6. The topological polar surface area (TPSA) is 75.6 Å². The van der Waals surface area contributed by atoms with Crippen molar-refractivity contribution in [3.63, 3.8) is 0 Å². The molecule has 5 nitrogen and oxygen atoms in total. The van der Waals surface area contributed by atoms with E-state index in [9.17, 15) is 9.59 Å². The third-order valence-electron chi connectivity index (χ3n) is 2.17. The van der Waals surface area contributed by atoms with E-state index in [1.165, 1.54) is 11.3 Å². The van der Waals surface area contributed by atoms with Crippen LogP contribution in [0.4, 0.5) is 0 Å². The van der Waals surface area contributed by atoms with Crippen molar-refractivity contribution >= 4 is 23.3 Å². The van der Waals surface area contributed by atoms with Gasteiger partial charge in [-0.1, -0.05) is 13.3 Å². The van der Waals surface area contributed by atoms with Crippen LogP contribution in [0.3, 0.4) is 0 Å². The highest BCUT2D eigenvalue weighted by molar-refractivity contribution is 7.13. The van der Waals surface area contributed by atoms with E-state index in [2.05, 4.69) is 5.32 Å². The maximum atomic E-state index is 11.6. The minimum atomic E-state index is -0.897. The van der Waals surface area contributed by atoms with Crippen molar-refractivity contribution in [3.8, 4) is 0 Å². The van der Waals surface area contributed by atoms with Gasteiger partial charge in [-0.05, 0) is 18.6 Å². The molecule has 6 heteroatoms. The van der Waals surface area contributed by atoms with Gasteiger partial charge in [0.15, 0.2) is 0 Å². The highest BCUT2D eigenvalue weighted by Gasteiger charge is 2.10. The number of rotatable bonds is 8. The van der Waals surface area contributed by atoms with Gasteiger partial charge in [0.1, 0.15) is 4.88 Å². The van der Waals surface area contributed by atoms with Gasteiger partial charge in [0.25, 0.3) is 0 Å². The summed E-state index contributed by atoms with van der Waals surface area (Å²) >= 11 is 1.32. The van der Waals surface area contributed by atoms with Crippen LogP contribution in [0, 0.1) is 0 Å². The number of carboxylic acids is 1. The highest BCUT2D eigenvalue weighted by atomic mass is 32.1. The second-order valence-electron chi connectivity index (χ2n) is 3.75. The van der Waals surface area contributed by atoms with Gasteiger partial charge >= 0.3 is 11.9 Å². The highest BCUT2D eigenvalue weighted by Crippen LogP contribution is 2.17. The molecule has 18 heavy (non-hydrogen) atoms. The molecule has 0 unspecified atom stereocenters. The molecule has 0 atom stereocenters. The molecule has 1 aromatic heterocycles. The second-order valence-corrected chi connectivity index (χ2v) is 4.92. The van der Waals surface area contributed by atoms with E-state index in [0.29, 0.717) is 18.0 Å². The Kier molecular flexibility index (Phi) is 6.38. The number of thiophene rings is 1. The van der Waals surface area contributed by atoms with E-state index in [0.717, 1.165) is 17.7 Å². The van der Waals surface area contributed by atoms with E-state index in [1.54, 1.807) is 12.1 Å². The molecule has 1 rings (SSSR count). The van der Waals surface area contributed by atoms with Crippen LogP contribution in [0.2, 0.25) is 0 Å². The quantitative estimate of drug-likeness (QED) is 0.557. The molecule has 0 radical (unpaired) electrons. The van der Waals surface area contributed by atoms with Crippen LogP contribution in [0.1, 0.15) is 34.3 Å². The van der Waals surface area contributed by atoms with Crippen LogP contribution in [0.15, 0.2) is 12.1 Å². The molecule has 1 heterocycles. The van der Waals surface area contributed by atoms with E-state index in [1.807, 2.05) is 6.92 Å². The molecule has 0 aliphatic heterocycles. The Balaban J connectivity index is 2.37. The third kappa shape index (κ3) is 5.29. The minimum absolute atomic E-state index is 0.0891. The Morgan fingerprint density at radius 3 is 2.89 bits per heavy atom. The monoisotopic (exact) mass is 271 g/mol. The number of unbranched alkanes of at least 4 members (excludes halogenated alkanes) is 1. The number of esters is 1. The fourth-order valence-electron chi connectivity index (χ4n) is 1.26. The molecule has 0 aliphatic rings. The minimum Gasteiger partial charge on any atom is -0.480 e. The smallest absolute Gasteiger partial charge is 0.348 e. The summed E-state index contributed by atoms with van der Waals surface area (Å²) < 4.78 is 5.08. The molecule has 1 aromatic rings. The molecule has 0 saturated carbocycles. The number of hydrogen-bond donors (Lipinski definition) is 2. The van der Waals surface area contributed by atoms with Gasteiger partial charge < -0.3 is 15.2 Å². The lowest BCUT2D eigenvalue weighted by molar-refractivity contribution is -0.135. The first-order valence-electron chi connectivity index (χ1n) is 5.81. The number of ether oxygens (including phenoxy) is 1. The lowest BCUT2D eigenvalue weighted by atomic mass is 10.3.